The van der Waals surface area contributed by atoms with E-state index in [-0.39, 0.29) is 5.76 Å². The van der Waals surface area contributed by atoms with E-state index in [1.165, 1.54) is 18.2 Å². The number of nitrogens with zero attached hydrogens (tertiary/aromatic N) is 1. The Morgan fingerprint density at radius 2 is 2.03 bits per heavy atom. The summed E-state index contributed by atoms with van der Waals surface area (Å²) in [7, 11) is 1.81. The second-order valence-electron chi connectivity index (χ2n) is 7.25. The first kappa shape index (κ1) is 22.6. The van der Waals surface area contributed by atoms with Crippen LogP contribution in [0.1, 0.15) is 47.2 Å². The highest BCUT2D eigenvalue weighted by atomic mass is 19.4. The van der Waals surface area contributed by atoms with E-state index in [0.29, 0.717) is 36.1 Å². The minimum Gasteiger partial charge on any atom is -0.455 e. The van der Waals surface area contributed by atoms with Gasteiger partial charge < -0.3 is 14.6 Å². The van der Waals surface area contributed by atoms with Crippen molar-refractivity contribution in [1.82, 2.24) is 4.90 Å². The van der Waals surface area contributed by atoms with E-state index >= 15 is 0 Å². The lowest BCUT2D eigenvalue weighted by molar-refractivity contribution is -0.137. The van der Waals surface area contributed by atoms with E-state index < -0.39 is 40.9 Å². The Hall–Kier alpha value is -3.10. The number of halogens is 5. The van der Waals surface area contributed by atoms with Crippen LogP contribution in [-0.2, 0) is 12.6 Å². The highest BCUT2D eigenvalue weighted by Gasteiger charge is 2.36. The third-order valence-corrected chi connectivity index (χ3v) is 5.18. The van der Waals surface area contributed by atoms with Gasteiger partial charge in [-0.2, -0.15) is 13.2 Å². The SMILES string of the molecule is C/C=C(F)\C=C1/C(C)c2oc(C(=O)Nc3c(F)cccc3C(F)(F)F)cc2CCN1C. The van der Waals surface area contributed by atoms with E-state index in [1.807, 2.05) is 17.3 Å². The minimum absolute atomic E-state index is 0.247. The van der Waals surface area contributed by atoms with Crippen molar-refractivity contribution in [2.75, 3.05) is 18.9 Å². The van der Waals surface area contributed by atoms with Gasteiger partial charge in [0, 0.05) is 19.3 Å². The molecule has 1 N–H and O–H groups in total. The maximum Gasteiger partial charge on any atom is 0.418 e. The fraction of sp³-hybridized carbons (Fsp3) is 0.318. The van der Waals surface area contributed by atoms with Crippen LogP contribution in [0.3, 0.4) is 0 Å². The summed E-state index contributed by atoms with van der Waals surface area (Å²) in [5, 5.41) is 1.98. The number of allylic oxidation sites excluding steroid dienone is 4. The fourth-order valence-electron chi connectivity index (χ4n) is 3.52. The number of carbonyl (C=O) groups is 1. The third-order valence-electron chi connectivity index (χ3n) is 5.18. The maximum atomic E-state index is 14.0. The molecule has 1 atom stereocenters. The Labute approximate surface area is 176 Å². The van der Waals surface area contributed by atoms with Crippen molar-refractivity contribution in [3.05, 3.63) is 76.4 Å². The van der Waals surface area contributed by atoms with Crippen LogP contribution in [0.25, 0.3) is 0 Å². The molecule has 0 radical (unpaired) electrons. The molecule has 9 heteroatoms. The summed E-state index contributed by atoms with van der Waals surface area (Å²) in [5.41, 5.74) is -0.950. The van der Waals surface area contributed by atoms with Crippen LogP contribution in [0.5, 0.6) is 0 Å². The highest BCUT2D eigenvalue weighted by molar-refractivity contribution is 6.03. The number of nitrogens with one attached hydrogen (secondary N) is 1. The molecule has 3 rings (SSSR count). The summed E-state index contributed by atoms with van der Waals surface area (Å²) in [6.07, 6.45) is -1.68. The van der Waals surface area contributed by atoms with Crippen molar-refractivity contribution in [2.24, 2.45) is 0 Å². The molecule has 1 aromatic heterocycles. The summed E-state index contributed by atoms with van der Waals surface area (Å²) in [5.74, 6) is -2.89. The van der Waals surface area contributed by atoms with Crippen molar-refractivity contribution in [1.29, 1.82) is 0 Å². The van der Waals surface area contributed by atoms with Gasteiger partial charge in [0.2, 0.25) is 0 Å². The number of anilines is 1. The molecule has 4 nitrogen and oxygen atoms in total. The van der Waals surface area contributed by atoms with Crippen LogP contribution in [0.15, 0.2) is 52.4 Å². The lowest BCUT2D eigenvalue weighted by atomic mass is 10.0. The van der Waals surface area contributed by atoms with Gasteiger partial charge in [-0.1, -0.05) is 12.1 Å². The van der Waals surface area contributed by atoms with Crippen molar-refractivity contribution >= 4 is 11.6 Å². The average Bonchev–Trinajstić information content (AvgIpc) is 3.10. The van der Waals surface area contributed by atoms with Crippen molar-refractivity contribution in [3.8, 4) is 0 Å². The van der Waals surface area contributed by atoms with Gasteiger partial charge in [0.15, 0.2) is 5.76 Å². The van der Waals surface area contributed by atoms with Crippen LogP contribution < -0.4 is 5.32 Å². The average molecular weight is 440 g/mol. The standard InChI is InChI=1S/C22H21F5N2O2/c1-4-14(23)11-17-12(2)20-13(8-9-29(17)3)10-18(31-20)21(30)28-19-15(22(25,26)27)6-5-7-16(19)24/h4-7,10-12H,8-9H2,1-3H3,(H,28,30)/b14-4+,17-11+. The molecule has 0 saturated carbocycles. The molecule has 2 heterocycles. The number of amides is 1. The van der Waals surface area contributed by atoms with Gasteiger partial charge >= 0.3 is 6.18 Å². The van der Waals surface area contributed by atoms with Gasteiger partial charge in [-0.25, -0.2) is 8.78 Å². The second kappa shape index (κ2) is 8.56. The van der Waals surface area contributed by atoms with Gasteiger partial charge in [-0.15, -0.1) is 0 Å². The molecule has 1 amide bonds. The Kier molecular flexibility index (Phi) is 6.24. The van der Waals surface area contributed by atoms with Crippen molar-refractivity contribution in [3.63, 3.8) is 0 Å². The summed E-state index contributed by atoms with van der Waals surface area (Å²) in [6, 6.07) is 3.85. The Morgan fingerprint density at radius 3 is 2.68 bits per heavy atom. The van der Waals surface area contributed by atoms with E-state index in [9.17, 15) is 26.7 Å². The van der Waals surface area contributed by atoms with Gasteiger partial charge in [-0.05, 0) is 50.1 Å². The number of likely N-dealkylation sites (N-methyl/N-ethyl adjacent to an activating group) is 1. The quantitative estimate of drug-likeness (QED) is 0.592. The summed E-state index contributed by atoms with van der Waals surface area (Å²) in [4.78, 5) is 14.5. The monoisotopic (exact) mass is 440 g/mol. The lowest BCUT2D eigenvalue weighted by Crippen LogP contribution is -2.21. The number of fused-ring (bicyclic) bond motifs is 1. The molecule has 0 bridgehead atoms. The summed E-state index contributed by atoms with van der Waals surface area (Å²) in [6.45, 7) is 3.86. The minimum atomic E-state index is -4.85. The predicted molar refractivity (Wildman–Crippen MR) is 106 cm³/mol. The zero-order valence-electron chi connectivity index (χ0n) is 17.1. The smallest absolute Gasteiger partial charge is 0.418 e. The first-order valence-corrected chi connectivity index (χ1v) is 9.57. The number of furan rings is 1. The van der Waals surface area contributed by atoms with Crippen LogP contribution in [-0.4, -0.2) is 24.4 Å². The number of hydrogen-bond acceptors (Lipinski definition) is 3. The van der Waals surface area contributed by atoms with Gasteiger partial charge in [0.25, 0.3) is 5.91 Å². The topological polar surface area (TPSA) is 45.5 Å². The number of hydrogen-bond donors (Lipinski definition) is 1. The first-order valence-electron chi connectivity index (χ1n) is 9.57. The Balaban J connectivity index is 1.94. The number of para-hydroxylation sites is 1. The van der Waals surface area contributed by atoms with Crippen LogP contribution in [0.2, 0.25) is 0 Å². The molecule has 1 aliphatic heterocycles. The molecular weight excluding hydrogens is 419 g/mol. The largest absolute Gasteiger partial charge is 0.455 e. The predicted octanol–water partition coefficient (Wildman–Crippen LogP) is 6.04. The molecule has 31 heavy (non-hydrogen) atoms. The molecule has 0 aliphatic carbocycles. The number of rotatable bonds is 3. The van der Waals surface area contributed by atoms with Gasteiger partial charge in [-0.3, -0.25) is 4.79 Å². The zero-order chi connectivity index (χ0) is 22.9. The fourth-order valence-corrected chi connectivity index (χ4v) is 3.52. The molecule has 0 spiro atoms. The zero-order valence-corrected chi connectivity index (χ0v) is 17.1. The molecular formula is C22H21F5N2O2. The van der Waals surface area contributed by atoms with Crippen molar-refractivity contribution < 1.29 is 31.2 Å². The van der Waals surface area contributed by atoms with E-state index in [4.69, 9.17) is 4.42 Å². The second-order valence-corrected chi connectivity index (χ2v) is 7.25. The van der Waals surface area contributed by atoms with Gasteiger partial charge in [0.05, 0.1) is 17.2 Å². The first-order chi connectivity index (χ1) is 14.5. The van der Waals surface area contributed by atoms with Crippen molar-refractivity contribution in [2.45, 2.75) is 32.4 Å². The van der Waals surface area contributed by atoms with Crippen LogP contribution >= 0.6 is 0 Å². The third kappa shape index (κ3) is 4.65. The summed E-state index contributed by atoms with van der Waals surface area (Å²) < 4.78 is 73.1. The molecule has 166 valence electrons. The molecule has 1 aliphatic rings. The maximum absolute atomic E-state index is 14.0. The van der Waals surface area contributed by atoms with Crippen LogP contribution in [0.4, 0.5) is 27.6 Å². The highest BCUT2D eigenvalue weighted by Crippen LogP contribution is 2.38. The Bertz CT molecular complexity index is 1050. The van der Waals surface area contributed by atoms with Gasteiger partial charge in [0.1, 0.15) is 17.4 Å². The van der Waals surface area contributed by atoms with E-state index in [0.717, 1.165) is 12.1 Å². The number of carbonyl (C=O) groups excluding carboxylic acids is 1. The lowest BCUT2D eigenvalue weighted by Gasteiger charge is -2.23. The summed E-state index contributed by atoms with van der Waals surface area (Å²) >= 11 is 0. The molecule has 2 aromatic rings. The van der Waals surface area contributed by atoms with Crippen LogP contribution in [0, 0.1) is 5.82 Å². The number of benzene rings is 1. The van der Waals surface area contributed by atoms with E-state index in [2.05, 4.69) is 0 Å². The number of alkyl halides is 3. The molecule has 1 unspecified atom stereocenters. The normalized spacial score (nSPS) is 18.7. The molecule has 0 saturated heterocycles. The molecule has 0 fully saturated rings. The van der Waals surface area contributed by atoms with E-state index in [1.54, 1.807) is 13.8 Å². The molecule has 1 aromatic carbocycles. The Morgan fingerprint density at radius 1 is 1.32 bits per heavy atom.